The molecule has 2 aromatic rings. The first kappa shape index (κ1) is 19.1. The topological polar surface area (TPSA) is 64.6 Å². The van der Waals surface area contributed by atoms with E-state index < -0.39 is 24.0 Å². The van der Waals surface area contributed by atoms with Gasteiger partial charge in [-0.1, -0.05) is 66.6 Å². The van der Waals surface area contributed by atoms with Crippen molar-refractivity contribution in [3.63, 3.8) is 0 Å². The van der Waals surface area contributed by atoms with Crippen molar-refractivity contribution in [3.8, 4) is 12.3 Å². The van der Waals surface area contributed by atoms with Gasteiger partial charge in [-0.15, -0.1) is 6.42 Å². The van der Waals surface area contributed by atoms with E-state index in [0.717, 1.165) is 5.56 Å². The number of benzene rings is 2. The first-order valence-corrected chi connectivity index (χ1v) is 8.30. The van der Waals surface area contributed by atoms with E-state index in [1.807, 2.05) is 36.4 Å². The van der Waals surface area contributed by atoms with E-state index in [9.17, 15) is 9.59 Å². The maximum absolute atomic E-state index is 12.2. The highest BCUT2D eigenvalue weighted by atomic mass is 16.5. The second-order valence-corrected chi connectivity index (χ2v) is 5.49. The Morgan fingerprint density at radius 3 is 2.23 bits per heavy atom. The number of amides is 1. The Labute approximate surface area is 153 Å². The van der Waals surface area contributed by atoms with E-state index in [-0.39, 0.29) is 13.2 Å². The molecule has 5 heteroatoms. The molecule has 1 amide bonds. The van der Waals surface area contributed by atoms with Crippen LogP contribution in [0.2, 0.25) is 0 Å². The van der Waals surface area contributed by atoms with Crippen LogP contribution in [0.15, 0.2) is 60.7 Å². The predicted molar refractivity (Wildman–Crippen MR) is 97.9 cm³/mol. The molecule has 2 aromatic carbocycles. The van der Waals surface area contributed by atoms with Crippen molar-refractivity contribution < 1.29 is 19.1 Å². The molecule has 0 bridgehead atoms. The molecule has 1 N–H and O–H groups in total. The van der Waals surface area contributed by atoms with Crippen LogP contribution in [0.5, 0.6) is 0 Å². The number of terminal acetylenes is 1. The van der Waals surface area contributed by atoms with Gasteiger partial charge in [0.25, 0.3) is 0 Å². The lowest BCUT2D eigenvalue weighted by atomic mass is 9.93. The second-order valence-electron chi connectivity index (χ2n) is 5.49. The molecule has 2 rings (SSSR count). The first-order chi connectivity index (χ1) is 12.7. The molecular formula is C21H21NO4. The predicted octanol–water partition coefficient (Wildman–Crippen LogP) is 3.47. The monoisotopic (exact) mass is 351 g/mol. The summed E-state index contributed by atoms with van der Waals surface area (Å²) in [6.45, 7) is 2.02. The van der Waals surface area contributed by atoms with Crippen molar-refractivity contribution >= 4 is 12.1 Å². The lowest BCUT2D eigenvalue weighted by Crippen LogP contribution is -2.37. The Morgan fingerprint density at radius 2 is 1.65 bits per heavy atom. The molecule has 0 fully saturated rings. The third-order valence-electron chi connectivity index (χ3n) is 3.70. The van der Waals surface area contributed by atoms with Gasteiger partial charge in [0.05, 0.1) is 12.6 Å². The highest BCUT2D eigenvalue weighted by Gasteiger charge is 2.31. The Morgan fingerprint density at radius 1 is 1.04 bits per heavy atom. The van der Waals surface area contributed by atoms with Crippen LogP contribution in [0.1, 0.15) is 24.1 Å². The Hall–Kier alpha value is -3.26. The molecule has 0 saturated heterocycles. The van der Waals surface area contributed by atoms with Crippen LogP contribution in [0.4, 0.5) is 4.79 Å². The van der Waals surface area contributed by atoms with Gasteiger partial charge in [-0.2, -0.15) is 0 Å². The number of hydrogen-bond acceptors (Lipinski definition) is 4. The van der Waals surface area contributed by atoms with Gasteiger partial charge in [0.15, 0.2) is 0 Å². The zero-order chi connectivity index (χ0) is 18.8. The van der Waals surface area contributed by atoms with Crippen LogP contribution >= 0.6 is 0 Å². The smallest absolute Gasteiger partial charge is 0.408 e. The zero-order valence-electron chi connectivity index (χ0n) is 14.6. The van der Waals surface area contributed by atoms with E-state index in [4.69, 9.17) is 15.9 Å². The summed E-state index contributed by atoms with van der Waals surface area (Å²) in [4.78, 5) is 24.4. The summed E-state index contributed by atoms with van der Waals surface area (Å²) in [5.41, 5.74) is 1.55. The van der Waals surface area contributed by atoms with E-state index >= 15 is 0 Å². The number of rotatable bonds is 7. The van der Waals surface area contributed by atoms with Gasteiger partial charge in [0, 0.05) is 0 Å². The molecule has 0 heterocycles. The summed E-state index contributed by atoms with van der Waals surface area (Å²) >= 11 is 0. The van der Waals surface area contributed by atoms with Crippen LogP contribution in [-0.2, 0) is 20.9 Å². The van der Waals surface area contributed by atoms with Crippen LogP contribution in [0, 0.1) is 18.3 Å². The van der Waals surface area contributed by atoms with Crippen LogP contribution < -0.4 is 5.32 Å². The molecular weight excluding hydrogens is 330 g/mol. The molecule has 0 saturated carbocycles. The van der Waals surface area contributed by atoms with Crippen molar-refractivity contribution in [2.75, 3.05) is 6.61 Å². The maximum Gasteiger partial charge on any atom is 0.408 e. The largest absolute Gasteiger partial charge is 0.465 e. The molecule has 0 unspecified atom stereocenters. The van der Waals surface area contributed by atoms with Crippen LogP contribution in [0.3, 0.4) is 0 Å². The van der Waals surface area contributed by atoms with E-state index in [1.165, 1.54) is 0 Å². The maximum atomic E-state index is 12.2. The van der Waals surface area contributed by atoms with Gasteiger partial charge >= 0.3 is 12.1 Å². The van der Waals surface area contributed by atoms with E-state index in [2.05, 4.69) is 11.2 Å². The fourth-order valence-electron chi connectivity index (χ4n) is 2.44. The summed E-state index contributed by atoms with van der Waals surface area (Å²) in [5, 5.41) is 2.69. The molecule has 0 radical (unpaired) electrons. The van der Waals surface area contributed by atoms with Gasteiger partial charge in [0.2, 0.25) is 0 Å². The minimum atomic E-state index is -0.957. The van der Waals surface area contributed by atoms with Crippen molar-refractivity contribution in [2.24, 2.45) is 5.92 Å². The minimum absolute atomic E-state index is 0.119. The van der Waals surface area contributed by atoms with Gasteiger partial charge in [-0.3, -0.25) is 4.79 Å². The number of hydrogen-bond donors (Lipinski definition) is 1. The summed E-state index contributed by atoms with van der Waals surface area (Å²) in [5.74, 6) is 0.900. The number of esters is 1. The summed E-state index contributed by atoms with van der Waals surface area (Å²) in [7, 11) is 0. The second kappa shape index (κ2) is 9.90. The molecule has 134 valence electrons. The van der Waals surface area contributed by atoms with Crippen LogP contribution in [0.25, 0.3) is 0 Å². The van der Waals surface area contributed by atoms with Gasteiger partial charge in [-0.25, -0.2) is 4.79 Å². The normalized spacial score (nSPS) is 12.3. The van der Waals surface area contributed by atoms with Crippen molar-refractivity contribution in [1.29, 1.82) is 0 Å². The Kier molecular flexibility index (Phi) is 7.26. The SMILES string of the molecule is C#C[C@@H](C(=O)OCC)[C@@H](NC(=O)OCc1ccccc1)c1ccccc1. The number of alkyl carbamates (subject to hydrolysis) is 1. The average Bonchev–Trinajstić information content (AvgIpc) is 2.68. The van der Waals surface area contributed by atoms with Gasteiger partial charge in [-0.05, 0) is 18.1 Å². The quantitative estimate of drug-likeness (QED) is 0.613. The molecule has 26 heavy (non-hydrogen) atoms. The molecule has 0 aliphatic rings. The number of carbonyl (C=O) groups is 2. The number of carbonyl (C=O) groups excluding carboxylic acids is 2. The Balaban J connectivity index is 2.12. The van der Waals surface area contributed by atoms with Gasteiger partial charge in [0.1, 0.15) is 12.5 Å². The Bertz CT molecular complexity index is 753. The standard InChI is InChI=1S/C21H21NO4/c1-3-18(20(23)25-4-2)19(17-13-9-6-10-14-17)22-21(24)26-15-16-11-7-5-8-12-16/h1,5-14,18-19H,4,15H2,2H3,(H,22,24)/t18-,19+/m1/s1. The van der Waals surface area contributed by atoms with E-state index in [0.29, 0.717) is 5.56 Å². The fourth-order valence-corrected chi connectivity index (χ4v) is 2.44. The lowest BCUT2D eigenvalue weighted by Gasteiger charge is -2.23. The summed E-state index contributed by atoms with van der Waals surface area (Å²) in [6.07, 6.45) is 4.88. The summed E-state index contributed by atoms with van der Waals surface area (Å²) < 4.78 is 10.3. The highest BCUT2D eigenvalue weighted by molar-refractivity contribution is 5.78. The lowest BCUT2D eigenvalue weighted by molar-refractivity contribution is -0.146. The van der Waals surface area contributed by atoms with Gasteiger partial charge < -0.3 is 14.8 Å². The van der Waals surface area contributed by atoms with Crippen molar-refractivity contribution in [1.82, 2.24) is 5.32 Å². The third kappa shape index (κ3) is 5.38. The molecule has 5 nitrogen and oxygen atoms in total. The molecule has 0 aliphatic heterocycles. The molecule has 2 atom stereocenters. The number of nitrogens with one attached hydrogen (secondary N) is 1. The number of ether oxygens (including phenoxy) is 2. The fraction of sp³-hybridized carbons (Fsp3) is 0.238. The van der Waals surface area contributed by atoms with E-state index in [1.54, 1.807) is 31.2 Å². The molecule has 0 spiro atoms. The first-order valence-electron chi connectivity index (χ1n) is 8.30. The van der Waals surface area contributed by atoms with Crippen LogP contribution in [-0.4, -0.2) is 18.7 Å². The third-order valence-corrected chi connectivity index (χ3v) is 3.70. The summed E-state index contributed by atoms with van der Waals surface area (Å²) in [6, 6.07) is 17.6. The minimum Gasteiger partial charge on any atom is -0.465 e. The van der Waals surface area contributed by atoms with Crippen molar-refractivity contribution in [3.05, 3.63) is 71.8 Å². The molecule has 0 aliphatic carbocycles. The van der Waals surface area contributed by atoms with Crippen molar-refractivity contribution in [2.45, 2.75) is 19.6 Å². The highest BCUT2D eigenvalue weighted by Crippen LogP contribution is 2.23. The zero-order valence-corrected chi connectivity index (χ0v) is 14.6. The average molecular weight is 351 g/mol. The molecule has 0 aromatic heterocycles.